The van der Waals surface area contributed by atoms with Crippen LogP contribution in [0.25, 0.3) is 0 Å². The minimum absolute atomic E-state index is 0.0449. The highest BCUT2D eigenvalue weighted by Crippen LogP contribution is 2.37. The molecule has 0 radical (unpaired) electrons. The van der Waals surface area contributed by atoms with E-state index in [1.54, 1.807) is 0 Å². The Morgan fingerprint density at radius 1 is 1.10 bits per heavy atom. The van der Waals surface area contributed by atoms with Crippen molar-refractivity contribution in [1.29, 1.82) is 0 Å². The summed E-state index contributed by atoms with van der Waals surface area (Å²) in [5.41, 5.74) is 6.20. The van der Waals surface area contributed by atoms with Crippen molar-refractivity contribution in [3.8, 4) is 0 Å². The summed E-state index contributed by atoms with van der Waals surface area (Å²) in [4.78, 5) is 16.7. The Labute approximate surface area is 131 Å². The maximum absolute atomic E-state index is 12.4. The Bertz CT molecular complexity index is 307. The summed E-state index contributed by atoms with van der Waals surface area (Å²) < 4.78 is 0. The summed E-state index contributed by atoms with van der Waals surface area (Å²) in [5, 5.41) is 0. The third-order valence-electron chi connectivity index (χ3n) is 5.49. The van der Waals surface area contributed by atoms with Gasteiger partial charge in [0.1, 0.15) is 0 Å². The van der Waals surface area contributed by atoms with Crippen LogP contribution in [0, 0.1) is 5.92 Å². The van der Waals surface area contributed by atoms with E-state index in [1.807, 2.05) is 18.7 Å². The van der Waals surface area contributed by atoms with Gasteiger partial charge in [-0.2, -0.15) is 0 Å². The fourth-order valence-electron chi connectivity index (χ4n) is 3.73. The average Bonchev–Trinajstić information content (AvgIpc) is 2.53. The number of hydrogen-bond donors (Lipinski definition) is 1. The van der Waals surface area contributed by atoms with Crippen LogP contribution in [0.5, 0.6) is 0 Å². The highest BCUT2D eigenvalue weighted by Gasteiger charge is 2.39. The number of hydrogen-bond acceptors (Lipinski definition) is 3. The maximum Gasteiger partial charge on any atom is 0.236 e. The molecule has 0 aromatic rings. The molecule has 0 atom stereocenters. The van der Waals surface area contributed by atoms with E-state index in [-0.39, 0.29) is 11.4 Å². The maximum atomic E-state index is 12.4. The Balaban J connectivity index is 2.74. The third-order valence-corrected chi connectivity index (χ3v) is 5.49. The normalized spacial score (nSPS) is 26.1. The van der Waals surface area contributed by atoms with Crippen molar-refractivity contribution in [3.63, 3.8) is 0 Å². The molecule has 0 aromatic heterocycles. The molecule has 1 saturated carbocycles. The Morgan fingerprint density at radius 3 is 2.05 bits per heavy atom. The Morgan fingerprint density at radius 2 is 1.67 bits per heavy atom. The highest BCUT2D eigenvalue weighted by molar-refractivity contribution is 5.78. The molecule has 1 aliphatic carbocycles. The molecule has 21 heavy (non-hydrogen) atoms. The zero-order chi connectivity index (χ0) is 15.9. The molecular formula is C17H35N3O. The van der Waals surface area contributed by atoms with Crippen LogP contribution in [0.15, 0.2) is 0 Å². The summed E-state index contributed by atoms with van der Waals surface area (Å²) in [6, 6.07) is 0. The van der Waals surface area contributed by atoms with Crippen LogP contribution in [0.2, 0.25) is 0 Å². The van der Waals surface area contributed by atoms with Crippen LogP contribution in [-0.2, 0) is 4.79 Å². The topological polar surface area (TPSA) is 49.6 Å². The minimum atomic E-state index is 0.0449. The molecule has 1 fully saturated rings. The van der Waals surface area contributed by atoms with E-state index in [1.165, 1.54) is 19.3 Å². The Kier molecular flexibility index (Phi) is 7.67. The van der Waals surface area contributed by atoms with Crippen LogP contribution < -0.4 is 5.73 Å². The van der Waals surface area contributed by atoms with Gasteiger partial charge in [0.05, 0.1) is 6.54 Å². The fraction of sp³-hybridized carbons (Fsp3) is 0.941. The molecule has 4 nitrogen and oxygen atoms in total. The third kappa shape index (κ3) is 4.43. The van der Waals surface area contributed by atoms with Gasteiger partial charge >= 0.3 is 0 Å². The average molecular weight is 297 g/mol. The monoisotopic (exact) mass is 297 g/mol. The van der Waals surface area contributed by atoms with Crippen LogP contribution >= 0.6 is 0 Å². The van der Waals surface area contributed by atoms with Gasteiger partial charge in [-0.3, -0.25) is 9.69 Å². The van der Waals surface area contributed by atoms with Crippen molar-refractivity contribution < 1.29 is 4.79 Å². The van der Waals surface area contributed by atoms with Gasteiger partial charge in [-0.25, -0.2) is 0 Å². The van der Waals surface area contributed by atoms with E-state index < -0.39 is 0 Å². The molecule has 0 aromatic carbocycles. The van der Waals surface area contributed by atoms with Crippen LogP contribution in [-0.4, -0.2) is 54.0 Å². The second kappa shape index (κ2) is 8.74. The standard InChI is InChI=1S/C17H35N3O/c1-5-15-9-11-17(14-18,12-10-15)20(8-4)13-16(21)19(6-2)7-3/h15H,5-14,18H2,1-4H3. The van der Waals surface area contributed by atoms with Crippen molar-refractivity contribution >= 4 is 5.91 Å². The number of carbonyl (C=O) groups excluding carboxylic acids is 1. The predicted octanol–water partition coefficient (Wildman–Crippen LogP) is 2.47. The SMILES string of the molecule is CCC1CCC(CN)(N(CC)CC(=O)N(CC)CC)CC1. The molecule has 0 aliphatic heterocycles. The summed E-state index contributed by atoms with van der Waals surface area (Å²) in [6.07, 6.45) is 6.06. The van der Waals surface area contributed by atoms with E-state index in [4.69, 9.17) is 5.73 Å². The molecule has 0 bridgehead atoms. The zero-order valence-electron chi connectivity index (χ0n) is 14.5. The largest absolute Gasteiger partial charge is 0.342 e. The van der Waals surface area contributed by atoms with E-state index in [2.05, 4.69) is 18.7 Å². The number of amides is 1. The lowest BCUT2D eigenvalue weighted by Crippen LogP contribution is -2.58. The number of rotatable bonds is 8. The van der Waals surface area contributed by atoms with Crippen molar-refractivity contribution in [2.75, 3.05) is 32.7 Å². The van der Waals surface area contributed by atoms with E-state index >= 15 is 0 Å². The summed E-state index contributed by atoms with van der Waals surface area (Å²) in [5.74, 6) is 1.09. The molecule has 0 heterocycles. The van der Waals surface area contributed by atoms with Gasteiger partial charge in [0.25, 0.3) is 0 Å². The fourth-order valence-corrected chi connectivity index (χ4v) is 3.73. The van der Waals surface area contributed by atoms with Crippen molar-refractivity contribution in [1.82, 2.24) is 9.80 Å². The van der Waals surface area contributed by atoms with Crippen molar-refractivity contribution in [2.24, 2.45) is 11.7 Å². The van der Waals surface area contributed by atoms with Crippen molar-refractivity contribution in [3.05, 3.63) is 0 Å². The van der Waals surface area contributed by atoms with E-state index in [9.17, 15) is 4.79 Å². The molecule has 0 unspecified atom stereocenters. The van der Waals surface area contributed by atoms with Crippen molar-refractivity contribution in [2.45, 2.75) is 65.3 Å². The lowest BCUT2D eigenvalue weighted by atomic mass is 9.74. The molecule has 2 N–H and O–H groups in total. The van der Waals surface area contributed by atoms with Gasteiger partial charge in [-0.15, -0.1) is 0 Å². The van der Waals surface area contributed by atoms with E-state index in [0.29, 0.717) is 13.1 Å². The van der Waals surface area contributed by atoms with Crippen LogP contribution in [0.3, 0.4) is 0 Å². The predicted molar refractivity (Wildman–Crippen MR) is 89.2 cm³/mol. The zero-order valence-corrected chi connectivity index (χ0v) is 14.5. The minimum Gasteiger partial charge on any atom is -0.342 e. The molecule has 0 saturated heterocycles. The van der Waals surface area contributed by atoms with Gasteiger partial charge in [0.2, 0.25) is 5.91 Å². The quantitative estimate of drug-likeness (QED) is 0.749. The molecule has 0 spiro atoms. The van der Waals surface area contributed by atoms with Gasteiger partial charge < -0.3 is 10.6 Å². The van der Waals surface area contributed by atoms with Gasteiger partial charge in [0, 0.05) is 25.2 Å². The summed E-state index contributed by atoms with van der Waals surface area (Å²) in [7, 11) is 0. The second-order valence-electron chi connectivity index (χ2n) is 6.36. The lowest BCUT2D eigenvalue weighted by Gasteiger charge is -2.47. The molecule has 1 amide bonds. The first-order valence-corrected chi connectivity index (χ1v) is 8.79. The second-order valence-corrected chi connectivity index (χ2v) is 6.36. The molecular weight excluding hydrogens is 262 g/mol. The van der Waals surface area contributed by atoms with E-state index in [0.717, 1.165) is 38.4 Å². The first-order valence-electron chi connectivity index (χ1n) is 8.79. The van der Waals surface area contributed by atoms with Crippen LogP contribution in [0.1, 0.15) is 59.8 Å². The van der Waals surface area contributed by atoms with Gasteiger partial charge in [-0.05, 0) is 52.0 Å². The summed E-state index contributed by atoms with van der Waals surface area (Å²) >= 11 is 0. The first kappa shape index (κ1) is 18.4. The van der Waals surface area contributed by atoms with Gasteiger partial charge in [0.15, 0.2) is 0 Å². The lowest BCUT2D eigenvalue weighted by molar-refractivity contribution is -0.134. The number of likely N-dealkylation sites (N-methyl/N-ethyl adjacent to an activating group) is 2. The van der Waals surface area contributed by atoms with Gasteiger partial charge in [-0.1, -0.05) is 20.3 Å². The molecule has 1 aliphatic rings. The first-order chi connectivity index (χ1) is 10.1. The smallest absolute Gasteiger partial charge is 0.236 e. The number of nitrogens with zero attached hydrogens (tertiary/aromatic N) is 2. The number of carbonyl (C=O) groups is 1. The molecule has 4 heteroatoms. The number of nitrogens with two attached hydrogens (primary N) is 1. The summed E-state index contributed by atoms with van der Waals surface area (Å²) in [6.45, 7) is 12.2. The molecule has 1 rings (SSSR count). The molecule has 124 valence electrons. The van der Waals surface area contributed by atoms with Crippen LogP contribution in [0.4, 0.5) is 0 Å². The highest BCUT2D eigenvalue weighted by atomic mass is 16.2. The Hall–Kier alpha value is -0.610.